The van der Waals surface area contributed by atoms with E-state index in [9.17, 15) is 4.79 Å². The SMILES string of the molecule is C#CCCCC(=O)C(C)(C)C(C)(C)N. The summed E-state index contributed by atoms with van der Waals surface area (Å²) in [6, 6.07) is 0. The number of hydrogen-bond donors (Lipinski definition) is 1. The Labute approximate surface area is 87.3 Å². The van der Waals surface area contributed by atoms with Crippen molar-refractivity contribution in [2.45, 2.75) is 52.5 Å². The molecule has 0 aliphatic carbocycles. The van der Waals surface area contributed by atoms with Crippen molar-refractivity contribution < 1.29 is 4.79 Å². The van der Waals surface area contributed by atoms with Crippen molar-refractivity contribution in [1.82, 2.24) is 0 Å². The van der Waals surface area contributed by atoms with E-state index >= 15 is 0 Å². The standard InChI is InChI=1S/C12H21NO/c1-6-7-8-9-10(14)11(2,3)12(4,5)13/h1H,7-9,13H2,2-5H3. The van der Waals surface area contributed by atoms with E-state index in [1.54, 1.807) is 0 Å². The molecule has 2 heteroatoms. The van der Waals surface area contributed by atoms with Crippen molar-refractivity contribution in [2.24, 2.45) is 11.1 Å². The summed E-state index contributed by atoms with van der Waals surface area (Å²) in [6.07, 6.45) is 7.07. The third-order valence-corrected chi connectivity index (χ3v) is 3.03. The summed E-state index contributed by atoms with van der Waals surface area (Å²) in [5.41, 5.74) is 4.99. The van der Waals surface area contributed by atoms with Crippen LogP contribution in [0.15, 0.2) is 0 Å². The first-order valence-corrected chi connectivity index (χ1v) is 4.99. The molecule has 0 aliphatic heterocycles. The fourth-order valence-electron chi connectivity index (χ4n) is 1.02. The van der Waals surface area contributed by atoms with Crippen molar-refractivity contribution in [3.8, 4) is 12.3 Å². The molecule has 0 fully saturated rings. The van der Waals surface area contributed by atoms with E-state index in [2.05, 4.69) is 5.92 Å². The lowest BCUT2D eigenvalue weighted by Crippen LogP contribution is -2.51. The maximum absolute atomic E-state index is 11.8. The number of unbranched alkanes of at least 4 members (excludes halogenated alkanes) is 1. The molecule has 2 nitrogen and oxygen atoms in total. The van der Waals surface area contributed by atoms with Gasteiger partial charge in [-0.15, -0.1) is 12.3 Å². The van der Waals surface area contributed by atoms with Crippen molar-refractivity contribution in [3.05, 3.63) is 0 Å². The molecule has 2 N–H and O–H groups in total. The van der Waals surface area contributed by atoms with Gasteiger partial charge in [0.2, 0.25) is 0 Å². The van der Waals surface area contributed by atoms with Crippen LogP contribution < -0.4 is 5.73 Å². The Hall–Kier alpha value is -0.810. The molecule has 0 atom stereocenters. The molecule has 0 saturated carbocycles. The Morgan fingerprint density at radius 1 is 1.36 bits per heavy atom. The highest BCUT2D eigenvalue weighted by Gasteiger charge is 2.39. The second kappa shape index (κ2) is 4.61. The first-order valence-electron chi connectivity index (χ1n) is 4.99. The Morgan fingerprint density at radius 2 is 1.86 bits per heavy atom. The first kappa shape index (κ1) is 13.2. The van der Waals surface area contributed by atoms with Crippen LogP contribution in [0.3, 0.4) is 0 Å². The van der Waals surface area contributed by atoms with Crippen LogP contribution >= 0.6 is 0 Å². The fourth-order valence-corrected chi connectivity index (χ4v) is 1.02. The van der Waals surface area contributed by atoms with Crippen LogP contribution in [-0.2, 0) is 4.79 Å². The van der Waals surface area contributed by atoms with Crippen molar-refractivity contribution in [3.63, 3.8) is 0 Å². The largest absolute Gasteiger partial charge is 0.325 e. The van der Waals surface area contributed by atoms with E-state index in [0.717, 1.165) is 6.42 Å². The lowest BCUT2D eigenvalue weighted by molar-refractivity contribution is -0.130. The molecule has 0 radical (unpaired) electrons. The van der Waals surface area contributed by atoms with Crippen molar-refractivity contribution in [2.75, 3.05) is 0 Å². The third-order valence-electron chi connectivity index (χ3n) is 3.03. The van der Waals surface area contributed by atoms with Gasteiger partial charge in [0.15, 0.2) is 0 Å². The van der Waals surface area contributed by atoms with Crippen LogP contribution in [0, 0.1) is 17.8 Å². The predicted molar refractivity (Wildman–Crippen MR) is 59.7 cm³/mol. The van der Waals surface area contributed by atoms with Gasteiger partial charge in [-0.2, -0.15) is 0 Å². The molecule has 0 bridgehead atoms. The van der Waals surface area contributed by atoms with Crippen LogP contribution in [0.25, 0.3) is 0 Å². The predicted octanol–water partition coefficient (Wildman–Crippen LogP) is 2.12. The monoisotopic (exact) mass is 195 g/mol. The highest BCUT2D eigenvalue weighted by atomic mass is 16.1. The van der Waals surface area contributed by atoms with Crippen LogP contribution in [0.4, 0.5) is 0 Å². The first-order chi connectivity index (χ1) is 6.23. The molecule has 80 valence electrons. The number of rotatable bonds is 5. The van der Waals surface area contributed by atoms with Crippen molar-refractivity contribution in [1.29, 1.82) is 0 Å². The van der Waals surface area contributed by atoms with Gasteiger partial charge in [-0.25, -0.2) is 0 Å². The summed E-state index contributed by atoms with van der Waals surface area (Å²) in [5, 5.41) is 0. The van der Waals surface area contributed by atoms with E-state index in [0.29, 0.717) is 12.8 Å². The van der Waals surface area contributed by atoms with Gasteiger partial charge in [0.25, 0.3) is 0 Å². The van der Waals surface area contributed by atoms with E-state index in [1.165, 1.54) is 0 Å². The zero-order valence-electron chi connectivity index (χ0n) is 9.68. The lowest BCUT2D eigenvalue weighted by Gasteiger charge is -2.37. The third kappa shape index (κ3) is 3.16. The number of carbonyl (C=O) groups is 1. The topological polar surface area (TPSA) is 43.1 Å². The number of ketones is 1. The minimum absolute atomic E-state index is 0.195. The Morgan fingerprint density at radius 3 is 2.21 bits per heavy atom. The Bertz CT molecular complexity index is 240. The van der Waals surface area contributed by atoms with E-state index in [4.69, 9.17) is 12.2 Å². The van der Waals surface area contributed by atoms with E-state index in [-0.39, 0.29) is 5.78 Å². The molecular weight excluding hydrogens is 174 g/mol. The molecule has 0 saturated heterocycles. The molecule has 14 heavy (non-hydrogen) atoms. The summed E-state index contributed by atoms with van der Waals surface area (Å²) >= 11 is 0. The molecule has 0 spiro atoms. The normalized spacial score (nSPS) is 12.3. The quantitative estimate of drug-likeness (QED) is 0.539. The average Bonchev–Trinajstić information content (AvgIpc) is 2.02. The van der Waals surface area contributed by atoms with Gasteiger partial charge in [-0.3, -0.25) is 4.79 Å². The van der Waals surface area contributed by atoms with Crippen LogP contribution in [0.2, 0.25) is 0 Å². The highest BCUT2D eigenvalue weighted by molar-refractivity contribution is 5.85. The van der Waals surface area contributed by atoms with Gasteiger partial charge in [-0.1, -0.05) is 13.8 Å². The van der Waals surface area contributed by atoms with Gasteiger partial charge in [0.1, 0.15) is 5.78 Å². The molecule has 0 unspecified atom stereocenters. The van der Waals surface area contributed by atoms with Crippen LogP contribution in [0.1, 0.15) is 47.0 Å². The summed E-state index contributed by atoms with van der Waals surface area (Å²) < 4.78 is 0. The van der Waals surface area contributed by atoms with Crippen LogP contribution in [0.5, 0.6) is 0 Å². The van der Waals surface area contributed by atoms with Gasteiger partial charge >= 0.3 is 0 Å². The smallest absolute Gasteiger partial charge is 0.140 e. The second-order valence-corrected chi connectivity index (χ2v) is 4.83. The van der Waals surface area contributed by atoms with Gasteiger partial charge < -0.3 is 5.73 Å². The number of Topliss-reactive ketones (excluding diaryl/α,β-unsaturated/α-hetero) is 1. The summed E-state index contributed by atoms with van der Waals surface area (Å²) in [5.74, 6) is 2.72. The molecule has 0 amide bonds. The molecule has 0 aromatic carbocycles. The Kier molecular flexibility index (Phi) is 4.35. The van der Waals surface area contributed by atoms with Gasteiger partial charge in [0.05, 0.1) is 0 Å². The molecule has 0 aromatic heterocycles. The molecular formula is C12H21NO. The average molecular weight is 195 g/mol. The zero-order chi connectivity index (χ0) is 11.4. The maximum atomic E-state index is 11.8. The summed E-state index contributed by atoms with van der Waals surface area (Å²) in [7, 11) is 0. The number of carbonyl (C=O) groups excluding carboxylic acids is 1. The summed E-state index contributed by atoms with van der Waals surface area (Å²) in [6.45, 7) is 7.55. The number of terminal acetylenes is 1. The minimum Gasteiger partial charge on any atom is -0.325 e. The molecule has 0 aliphatic rings. The van der Waals surface area contributed by atoms with E-state index in [1.807, 2.05) is 27.7 Å². The van der Waals surface area contributed by atoms with E-state index < -0.39 is 11.0 Å². The Balaban J connectivity index is 4.32. The van der Waals surface area contributed by atoms with Crippen molar-refractivity contribution >= 4 is 5.78 Å². The van der Waals surface area contributed by atoms with Gasteiger partial charge in [-0.05, 0) is 20.3 Å². The van der Waals surface area contributed by atoms with Crippen LogP contribution in [-0.4, -0.2) is 11.3 Å². The fraction of sp³-hybridized carbons (Fsp3) is 0.750. The number of hydrogen-bond acceptors (Lipinski definition) is 2. The minimum atomic E-state index is -0.486. The number of nitrogens with two attached hydrogens (primary N) is 1. The van der Waals surface area contributed by atoms with Gasteiger partial charge in [0, 0.05) is 23.8 Å². The highest BCUT2D eigenvalue weighted by Crippen LogP contribution is 2.30. The molecule has 0 aromatic rings. The summed E-state index contributed by atoms with van der Waals surface area (Å²) in [4.78, 5) is 11.8. The molecule has 0 heterocycles. The zero-order valence-corrected chi connectivity index (χ0v) is 9.68. The molecule has 0 rings (SSSR count). The maximum Gasteiger partial charge on any atom is 0.140 e. The lowest BCUT2D eigenvalue weighted by atomic mass is 9.71. The second-order valence-electron chi connectivity index (χ2n) is 4.83.